The largest absolute Gasteiger partial charge is 2.00 e. The van der Waals surface area contributed by atoms with Crippen LogP contribution in [0.15, 0.2) is 0 Å². The van der Waals surface area contributed by atoms with Crippen molar-refractivity contribution in [1.29, 1.82) is 0 Å². The fourth-order valence-corrected chi connectivity index (χ4v) is 0.884. The van der Waals surface area contributed by atoms with Gasteiger partial charge in [0.05, 0.1) is 0 Å². The molecule has 1 saturated carbocycles. The number of hydrogen-bond acceptors (Lipinski definition) is 0. The summed E-state index contributed by atoms with van der Waals surface area (Å²) in [6.45, 7) is 0. The molecule has 0 nitrogen and oxygen atoms in total. The normalized spacial score (nSPS) is 15.0. The molecule has 0 amide bonds. The molecule has 0 spiro atoms. The topological polar surface area (TPSA) is 0 Å². The van der Waals surface area contributed by atoms with Gasteiger partial charge in [0.1, 0.15) is 0 Å². The molecule has 1 aliphatic carbocycles. The second-order valence-corrected chi connectivity index (χ2v) is 1.77. The average molecular weight is 234 g/mol. The van der Waals surface area contributed by atoms with Crippen LogP contribution in [0.1, 0.15) is 32.1 Å². The number of rotatable bonds is 0. The molecule has 1 fully saturated rings. The van der Waals surface area contributed by atoms with Crippen molar-refractivity contribution in [1.82, 2.24) is 0 Å². The van der Waals surface area contributed by atoms with Gasteiger partial charge in [-0.25, -0.2) is 0 Å². The predicted octanol–water partition coefficient (Wildman–Crippen LogP) is -4.04. The summed E-state index contributed by atoms with van der Waals surface area (Å²) in [5.41, 5.74) is 0. The van der Waals surface area contributed by atoms with Gasteiger partial charge in [0.15, 0.2) is 0 Å². The van der Waals surface area contributed by atoms with Crippen molar-refractivity contribution < 1.29 is 47.2 Å². The van der Waals surface area contributed by atoms with E-state index < -0.39 is 0 Å². The summed E-state index contributed by atoms with van der Waals surface area (Å²) >= 11 is 0. The van der Waals surface area contributed by atoms with Crippen molar-refractivity contribution >= 4 is 0 Å². The number of hydrogen-bond donors (Lipinski definition) is 0. The maximum atomic E-state index is 1.50. The van der Waals surface area contributed by atoms with Crippen molar-refractivity contribution in [2.45, 2.75) is 32.1 Å². The van der Waals surface area contributed by atoms with Gasteiger partial charge in [-0.2, -0.15) is 0 Å². The van der Waals surface area contributed by atoms with E-state index in [0.29, 0.717) is 0 Å². The fourth-order valence-electron chi connectivity index (χ4n) is 0.884. The second kappa shape index (κ2) is 11.2. The minimum atomic E-state index is 0. The molecule has 1 radical (unpaired) electrons. The zero-order chi connectivity index (χ0) is 3.54. The minimum Gasteiger partial charge on any atom is -1.00 e. The van der Waals surface area contributed by atoms with E-state index in [1.54, 1.807) is 0 Å². The van der Waals surface area contributed by atoms with Crippen LogP contribution in [0.3, 0.4) is 0 Å². The van der Waals surface area contributed by atoms with E-state index in [-0.39, 0.29) is 47.2 Å². The molecular weight excluding hydrogens is 224 g/mol. The van der Waals surface area contributed by atoms with E-state index in [1.807, 2.05) is 0 Å². The van der Waals surface area contributed by atoms with E-state index in [9.17, 15) is 0 Å². The Morgan fingerprint density at radius 3 is 0.750 bits per heavy atom. The zero-order valence-corrected chi connectivity index (χ0v) is 8.45. The smallest absolute Gasteiger partial charge is 1.00 e. The van der Waals surface area contributed by atoms with Crippen molar-refractivity contribution in [3.8, 4) is 0 Å². The van der Waals surface area contributed by atoms with Gasteiger partial charge in [0, 0.05) is 0 Å². The molecule has 1 rings (SSSR count). The first-order valence-electron chi connectivity index (χ1n) is 2.50. The first kappa shape index (κ1) is 16.2. The standard InChI is InChI=1S/C5H10.2ClH.Nb/c1-2-4-5-3-1;;;/h1-5H2;2*1H;/q;;;+2/p-2. The second-order valence-electron chi connectivity index (χ2n) is 1.77. The molecule has 0 heterocycles. The van der Waals surface area contributed by atoms with Crippen molar-refractivity contribution in [3.63, 3.8) is 0 Å². The van der Waals surface area contributed by atoms with Crippen molar-refractivity contribution in [2.75, 3.05) is 0 Å². The molecule has 0 bridgehead atoms. The first-order valence-corrected chi connectivity index (χ1v) is 2.50. The SMILES string of the molecule is C1CCCC1.[Cl-].[Cl-].[Nb+2]. The summed E-state index contributed by atoms with van der Waals surface area (Å²) in [4.78, 5) is 0. The Kier molecular flexibility index (Phi) is 22.5. The summed E-state index contributed by atoms with van der Waals surface area (Å²) in [5.74, 6) is 0. The van der Waals surface area contributed by atoms with Gasteiger partial charge >= 0.3 is 22.4 Å². The first-order chi connectivity index (χ1) is 2.50. The zero-order valence-electron chi connectivity index (χ0n) is 4.74. The molecule has 49 valence electrons. The monoisotopic (exact) mass is 233 g/mol. The molecule has 3 heteroatoms. The number of halogens is 2. The van der Waals surface area contributed by atoms with Crippen LogP contribution in [0.2, 0.25) is 0 Å². The Balaban J connectivity index is -0.0000000833. The van der Waals surface area contributed by atoms with Gasteiger partial charge in [0.2, 0.25) is 0 Å². The van der Waals surface area contributed by atoms with Crippen LogP contribution in [0.4, 0.5) is 0 Å². The Morgan fingerprint density at radius 2 is 0.625 bits per heavy atom. The summed E-state index contributed by atoms with van der Waals surface area (Å²) in [6.07, 6.45) is 7.50. The van der Waals surface area contributed by atoms with Gasteiger partial charge in [-0.05, 0) is 0 Å². The van der Waals surface area contributed by atoms with Crippen LogP contribution in [0.5, 0.6) is 0 Å². The Morgan fingerprint density at radius 1 is 0.500 bits per heavy atom. The molecule has 1 aliphatic rings. The quantitative estimate of drug-likeness (QED) is 0.374. The van der Waals surface area contributed by atoms with Gasteiger partial charge in [-0.1, -0.05) is 32.1 Å². The van der Waals surface area contributed by atoms with E-state index in [2.05, 4.69) is 0 Å². The minimum absolute atomic E-state index is 0. The van der Waals surface area contributed by atoms with Crippen LogP contribution in [0, 0.1) is 0 Å². The Labute approximate surface area is 79.1 Å². The van der Waals surface area contributed by atoms with E-state index in [1.165, 1.54) is 32.1 Å². The Hall–Kier alpha value is 1.32. The van der Waals surface area contributed by atoms with Crippen LogP contribution >= 0.6 is 0 Å². The third-order valence-corrected chi connectivity index (χ3v) is 1.25. The molecule has 0 aromatic rings. The predicted molar refractivity (Wildman–Crippen MR) is 23.1 cm³/mol. The molecule has 0 aromatic heterocycles. The van der Waals surface area contributed by atoms with Crippen LogP contribution in [-0.4, -0.2) is 0 Å². The van der Waals surface area contributed by atoms with Gasteiger partial charge < -0.3 is 24.8 Å². The van der Waals surface area contributed by atoms with Gasteiger partial charge in [0.25, 0.3) is 0 Å². The fraction of sp³-hybridized carbons (Fsp3) is 1.00. The van der Waals surface area contributed by atoms with E-state index in [0.717, 1.165) is 0 Å². The molecule has 8 heavy (non-hydrogen) atoms. The van der Waals surface area contributed by atoms with Crippen molar-refractivity contribution in [3.05, 3.63) is 0 Å². The van der Waals surface area contributed by atoms with Crippen LogP contribution in [-0.2, 0) is 22.4 Å². The Bertz CT molecular complexity index is 22.0. The summed E-state index contributed by atoms with van der Waals surface area (Å²) in [6, 6.07) is 0. The third kappa shape index (κ3) is 7.32. The maximum Gasteiger partial charge on any atom is 2.00 e. The summed E-state index contributed by atoms with van der Waals surface area (Å²) in [7, 11) is 0. The summed E-state index contributed by atoms with van der Waals surface area (Å²) < 4.78 is 0. The van der Waals surface area contributed by atoms with E-state index in [4.69, 9.17) is 0 Å². The molecule has 0 saturated heterocycles. The third-order valence-electron chi connectivity index (χ3n) is 1.25. The molecular formula is C5H10Cl2Nb. The van der Waals surface area contributed by atoms with Gasteiger partial charge in [-0.15, -0.1) is 0 Å². The van der Waals surface area contributed by atoms with Crippen molar-refractivity contribution in [2.24, 2.45) is 0 Å². The summed E-state index contributed by atoms with van der Waals surface area (Å²) in [5, 5.41) is 0. The molecule has 0 atom stereocenters. The average Bonchev–Trinajstić information content (AvgIpc) is 1.76. The molecule has 0 aliphatic heterocycles. The molecule has 0 aromatic carbocycles. The van der Waals surface area contributed by atoms with Crippen LogP contribution < -0.4 is 24.8 Å². The van der Waals surface area contributed by atoms with Gasteiger partial charge in [-0.3, -0.25) is 0 Å². The van der Waals surface area contributed by atoms with Crippen LogP contribution in [0.25, 0.3) is 0 Å². The maximum absolute atomic E-state index is 1.50. The van der Waals surface area contributed by atoms with E-state index >= 15 is 0 Å². The molecule has 0 N–H and O–H groups in total. The molecule has 0 unspecified atom stereocenters.